The summed E-state index contributed by atoms with van der Waals surface area (Å²) in [6.07, 6.45) is 3.05. The molecule has 0 unspecified atom stereocenters. The van der Waals surface area contributed by atoms with Crippen molar-refractivity contribution in [1.29, 1.82) is 0 Å². The Morgan fingerprint density at radius 3 is 2.58 bits per heavy atom. The Balaban J connectivity index is 2.74. The molecule has 0 aliphatic rings. The average molecular weight is 328 g/mol. The molecule has 0 fully saturated rings. The Bertz CT molecular complexity index is 482. The minimum atomic E-state index is -1.01. The first kappa shape index (κ1) is 15.9. The van der Waals surface area contributed by atoms with Gasteiger partial charge in [-0.25, -0.2) is 0 Å². The number of halogens is 1. The molecule has 0 aliphatic heterocycles. The number of hydrogen-bond donors (Lipinski definition) is 3. The van der Waals surface area contributed by atoms with Crippen LogP contribution in [0.2, 0.25) is 0 Å². The quantitative estimate of drug-likeness (QED) is 0.720. The maximum absolute atomic E-state index is 11.7. The van der Waals surface area contributed by atoms with E-state index in [1.54, 1.807) is 13.0 Å². The Labute approximate surface area is 121 Å². The Morgan fingerprint density at radius 2 is 2.05 bits per heavy atom. The fourth-order valence-corrected chi connectivity index (χ4v) is 2.03. The second-order valence-corrected chi connectivity index (χ2v) is 5.58. The van der Waals surface area contributed by atoms with Crippen LogP contribution in [0.1, 0.15) is 18.1 Å². The summed E-state index contributed by atoms with van der Waals surface area (Å²) in [4.78, 5) is 11.7. The smallest absolute Gasteiger partial charge is 0.244 e. The van der Waals surface area contributed by atoms with E-state index in [1.165, 1.54) is 6.08 Å². The molecule has 0 radical (unpaired) electrons. The number of amides is 1. The number of aliphatic hydroxyl groups is 2. The predicted molar refractivity (Wildman–Crippen MR) is 78.6 cm³/mol. The molecule has 1 aromatic carbocycles. The number of benzene rings is 1. The van der Waals surface area contributed by atoms with Crippen LogP contribution in [-0.2, 0) is 4.79 Å². The van der Waals surface area contributed by atoms with Gasteiger partial charge in [0, 0.05) is 10.5 Å². The summed E-state index contributed by atoms with van der Waals surface area (Å²) in [6, 6.07) is 5.82. The summed E-state index contributed by atoms with van der Waals surface area (Å²) in [5.74, 6) is -0.363. The van der Waals surface area contributed by atoms with Crippen LogP contribution in [0.15, 0.2) is 28.7 Å². The topological polar surface area (TPSA) is 69.6 Å². The van der Waals surface area contributed by atoms with Crippen molar-refractivity contribution < 1.29 is 15.0 Å². The number of nitrogens with one attached hydrogen (secondary N) is 1. The summed E-state index contributed by atoms with van der Waals surface area (Å²) in [6.45, 7) is 2.91. The van der Waals surface area contributed by atoms with Gasteiger partial charge in [-0.05, 0) is 37.1 Å². The van der Waals surface area contributed by atoms with E-state index in [0.29, 0.717) is 0 Å². The molecule has 0 saturated carbocycles. The van der Waals surface area contributed by atoms with Crippen molar-refractivity contribution >= 4 is 27.9 Å². The number of aliphatic hydroxyl groups excluding tert-OH is 2. The average Bonchev–Trinajstić information content (AvgIpc) is 2.37. The van der Waals surface area contributed by atoms with Crippen molar-refractivity contribution in [1.82, 2.24) is 5.32 Å². The second kappa shape index (κ2) is 6.84. The van der Waals surface area contributed by atoms with E-state index >= 15 is 0 Å². The van der Waals surface area contributed by atoms with Gasteiger partial charge >= 0.3 is 0 Å². The molecule has 0 heterocycles. The molecule has 0 saturated heterocycles. The highest BCUT2D eigenvalue weighted by Gasteiger charge is 2.23. The molecule has 1 aromatic rings. The van der Waals surface area contributed by atoms with Gasteiger partial charge < -0.3 is 15.5 Å². The van der Waals surface area contributed by atoms with Gasteiger partial charge in [0.15, 0.2) is 0 Å². The van der Waals surface area contributed by atoms with Crippen LogP contribution in [0.4, 0.5) is 0 Å². The number of carbonyl (C=O) groups is 1. The van der Waals surface area contributed by atoms with Crippen molar-refractivity contribution in [2.75, 3.05) is 13.2 Å². The predicted octanol–water partition coefficient (Wildman–Crippen LogP) is 1.63. The standard InChI is InChI=1S/C14H18BrNO3/c1-10-3-4-11(12(15)7-10)5-6-13(19)16-14(2,8-17)9-18/h3-7,17-18H,8-9H2,1-2H3,(H,16,19)/b6-5+. The van der Waals surface area contributed by atoms with E-state index in [1.807, 2.05) is 25.1 Å². The van der Waals surface area contributed by atoms with Crippen molar-refractivity contribution in [2.24, 2.45) is 0 Å². The Kier molecular flexibility index (Phi) is 5.72. The summed E-state index contributed by atoms with van der Waals surface area (Å²) in [5.41, 5.74) is 1.00. The van der Waals surface area contributed by atoms with E-state index in [4.69, 9.17) is 10.2 Å². The van der Waals surface area contributed by atoms with Crippen LogP contribution in [0, 0.1) is 6.92 Å². The summed E-state index contributed by atoms with van der Waals surface area (Å²) >= 11 is 3.42. The highest BCUT2D eigenvalue weighted by atomic mass is 79.9. The van der Waals surface area contributed by atoms with Gasteiger partial charge in [0.25, 0.3) is 0 Å². The van der Waals surface area contributed by atoms with Crippen LogP contribution in [0.3, 0.4) is 0 Å². The number of aryl methyl sites for hydroxylation is 1. The van der Waals surface area contributed by atoms with Gasteiger partial charge in [-0.2, -0.15) is 0 Å². The lowest BCUT2D eigenvalue weighted by Gasteiger charge is -2.25. The summed E-state index contributed by atoms with van der Waals surface area (Å²) in [5, 5.41) is 20.7. The molecule has 0 aromatic heterocycles. The van der Waals surface area contributed by atoms with E-state index in [0.717, 1.165) is 15.6 Å². The second-order valence-electron chi connectivity index (χ2n) is 4.72. The first-order valence-electron chi connectivity index (χ1n) is 5.88. The van der Waals surface area contributed by atoms with Crippen molar-refractivity contribution in [3.8, 4) is 0 Å². The third kappa shape index (κ3) is 4.78. The monoisotopic (exact) mass is 327 g/mol. The first-order chi connectivity index (χ1) is 8.90. The molecule has 0 aliphatic carbocycles. The molecular formula is C14H18BrNO3. The van der Waals surface area contributed by atoms with Crippen LogP contribution in [-0.4, -0.2) is 34.9 Å². The van der Waals surface area contributed by atoms with Crippen molar-refractivity contribution in [3.05, 3.63) is 39.9 Å². The van der Waals surface area contributed by atoms with Gasteiger partial charge in [0.1, 0.15) is 0 Å². The normalized spacial score (nSPS) is 11.8. The molecule has 19 heavy (non-hydrogen) atoms. The fourth-order valence-electron chi connectivity index (χ4n) is 1.40. The zero-order valence-corrected chi connectivity index (χ0v) is 12.6. The lowest BCUT2D eigenvalue weighted by Crippen LogP contribution is -2.51. The zero-order chi connectivity index (χ0) is 14.5. The highest BCUT2D eigenvalue weighted by Crippen LogP contribution is 2.19. The molecule has 1 amide bonds. The largest absolute Gasteiger partial charge is 0.394 e. The lowest BCUT2D eigenvalue weighted by atomic mass is 10.1. The number of hydrogen-bond acceptors (Lipinski definition) is 3. The minimum absolute atomic E-state index is 0.322. The molecule has 0 bridgehead atoms. The van der Waals surface area contributed by atoms with Crippen LogP contribution in [0.5, 0.6) is 0 Å². The van der Waals surface area contributed by atoms with E-state index in [-0.39, 0.29) is 19.1 Å². The lowest BCUT2D eigenvalue weighted by molar-refractivity contribution is -0.119. The SMILES string of the molecule is Cc1ccc(/C=C/C(=O)NC(C)(CO)CO)c(Br)c1. The Hall–Kier alpha value is -1.17. The number of rotatable bonds is 5. The first-order valence-corrected chi connectivity index (χ1v) is 6.67. The maximum Gasteiger partial charge on any atom is 0.244 e. The van der Waals surface area contributed by atoms with Gasteiger partial charge in [-0.15, -0.1) is 0 Å². The van der Waals surface area contributed by atoms with Gasteiger partial charge in [-0.3, -0.25) is 4.79 Å². The Morgan fingerprint density at radius 1 is 1.42 bits per heavy atom. The molecular weight excluding hydrogens is 310 g/mol. The molecule has 3 N–H and O–H groups in total. The molecule has 0 spiro atoms. The summed E-state index contributed by atoms with van der Waals surface area (Å²) in [7, 11) is 0. The van der Waals surface area contributed by atoms with Gasteiger partial charge in [0.05, 0.1) is 18.8 Å². The van der Waals surface area contributed by atoms with Crippen molar-refractivity contribution in [2.45, 2.75) is 19.4 Å². The summed E-state index contributed by atoms with van der Waals surface area (Å²) < 4.78 is 0.906. The zero-order valence-electron chi connectivity index (χ0n) is 11.0. The third-order valence-corrected chi connectivity index (χ3v) is 3.38. The highest BCUT2D eigenvalue weighted by molar-refractivity contribution is 9.10. The van der Waals surface area contributed by atoms with Crippen molar-refractivity contribution in [3.63, 3.8) is 0 Å². The molecule has 1 rings (SSSR count). The van der Waals surface area contributed by atoms with Gasteiger partial charge in [0.2, 0.25) is 5.91 Å². The van der Waals surface area contributed by atoms with Gasteiger partial charge in [-0.1, -0.05) is 28.1 Å². The van der Waals surface area contributed by atoms with Crippen LogP contribution >= 0.6 is 15.9 Å². The van der Waals surface area contributed by atoms with E-state index in [9.17, 15) is 4.79 Å². The minimum Gasteiger partial charge on any atom is -0.394 e. The third-order valence-electron chi connectivity index (χ3n) is 2.69. The maximum atomic E-state index is 11.7. The van der Waals surface area contributed by atoms with E-state index in [2.05, 4.69) is 21.2 Å². The fraction of sp³-hybridized carbons (Fsp3) is 0.357. The van der Waals surface area contributed by atoms with Crippen LogP contribution in [0.25, 0.3) is 6.08 Å². The molecule has 104 valence electrons. The molecule has 5 heteroatoms. The molecule has 0 atom stereocenters. The molecule has 4 nitrogen and oxygen atoms in total. The van der Waals surface area contributed by atoms with E-state index < -0.39 is 5.54 Å². The van der Waals surface area contributed by atoms with Crippen LogP contribution < -0.4 is 5.32 Å². The number of carbonyl (C=O) groups excluding carboxylic acids is 1.